The molecule has 0 saturated carbocycles. The Balaban J connectivity index is 1.36. The minimum absolute atomic E-state index is 0.0708. The fraction of sp³-hybridized carbons (Fsp3) is 0.286. The normalized spacial score (nSPS) is 17.4. The average molecular weight is 461 g/mol. The highest BCUT2D eigenvalue weighted by Crippen LogP contribution is 2.24. The average Bonchev–Trinajstić information content (AvgIpc) is 3.27. The summed E-state index contributed by atoms with van der Waals surface area (Å²) in [6, 6.07) is 15.3. The van der Waals surface area contributed by atoms with E-state index in [0.717, 1.165) is 5.56 Å². The van der Waals surface area contributed by atoms with Crippen LogP contribution in [-0.2, 0) is 21.4 Å². The number of nitrogens with one attached hydrogen (secondary N) is 1. The van der Waals surface area contributed by atoms with Gasteiger partial charge < -0.3 is 9.84 Å². The van der Waals surface area contributed by atoms with E-state index in [2.05, 4.69) is 15.5 Å². The molecule has 1 atom stereocenters. The Bertz CT molecular complexity index is 1150. The van der Waals surface area contributed by atoms with Gasteiger partial charge in [0.2, 0.25) is 27.6 Å². The summed E-state index contributed by atoms with van der Waals surface area (Å²) in [4.78, 5) is 17.2. The third kappa shape index (κ3) is 4.95. The summed E-state index contributed by atoms with van der Waals surface area (Å²) in [5, 5.41) is 7.30. The van der Waals surface area contributed by atoms with E-state index in [9.17, 15) is 13.2 Å². The SMILES string of the molecule is O=C(NCc1nc(-c2ccc(Cl)cc2)no1)[C@H]1CCCN(S(=O)(=O)c2ccccc2)C1. The molecule has 0 spiro atoms. The highest BCUT2D eigenvalue weighted by molar-refractivity contribution is 7.89. The zero-order chi connectivity index (χ0) is 21.8. The number of piperidine rings is 1. The van der Waals surface area contributed by atoms with Crippen LogP contribution in [0.5, 0.6) is 0 Å². The first-order chi connectivity index (χ1) is 14.9. The van der Waals surface area contributed by atoms with Gasteiger partial charge in [-0.1, -0.05) is 35.0 Å². The van der Waals surface area contributed by atoms with Crippen molar-refractivity contribution in [3.8, 4) is 11.4 Å². The second kappa shape index (κ2) is 9.17. The molecule has 0 aliphatic carbocycles. The molecule has 1 aliphatic heterocycles. The van der Waals surface area contributed by atoms with Crippen molar-refractivity contribution in [1.82, 2.24) is 19.8 Å². The van der Waals surface area contributed by atoms with E-state index in [4.69, 9.17) is 16.1 Å². The van der Waals surface area contributed by atoms with Crippen LogP contribution in [0.2, 0.25) is 5.02 Å². The molecule has 1 aliphatic rings. The van der Waals surface area contributed by atoms with Crippen molar-refractivity contribution in [2.24, 2.45) is 5.92 Å². The first-order valence-electron chi connectivity index (χ1n) is 9.85. The Morgan fingerprint density at radius 3 is 2.65 bits per heavy atom. The molecule has 1 amide bonds. The van der Waals surface area contributed by atoms with Gasteiger partial charge in [0.15, 0.2) is 0 Å². The van der Waals surface area contributed by atoms with Gasteiger partial charge in [-0.25, -0.2) is 8.42 Å². The number of amides is 1. The monoisotopic (exact) mass is 460 g/mol. The largest absolute Gasteiger partial charge is 0.347 e. The quantitative estimate of drug-likeness (QED) is 0.606. The number of nitrogens with zero attached hydrogens (tertiary/aromatic N) is 3. The third-order valence-corrected chi connectivity index (χ3v) is 7.25. The summed E-state index contributed by atoms with van der Waals surface area (Å²) in [7, 11) is -3.62. The molecular weight excluding hydrogens is 440 g/mol. The van der Waals surface area contributed by atoms with Gasteiger partial charge in [-0.15, -0.1) is 0 Å². The third-order valence-electron chi connectivity index (χ3n) is 5.12. The molecule has 1 N–H and O–H groups in total. The van der Waals surface area contributed by atoms with E-state index < -0.39 is 15.9 Å². The summed E-state index contributed by atoms with van der Waals surface area (Å²) >= 11 is 5.88. The number of hydrogen-bond donors (Lipinski definition) is 1. The zero-order valence-corrected chi connectivity index (χ0v) is 18.1. The van der Waals surface area contributed by atoms with Crippen LogP contribution >= 0.6 is 11.6 Å². The maximum atomic E-state index is 12.8. The number of sulfonamides is 1. The van der Waals surface area contributed by atoms with E-state index in [-0.39, 0.29) is 29.8 Å². The van der Waals surface area contributed by atoms with Crippen molar-refractivity contribution in [2.45, 2.75) is 24.3 Å². The maximum Gasteiger partial charge on any atom is 0.246 e. The fourth-order valence-electron chi connectivity index (χ4n) is 3.47. The van der Waals surface area contributed by atoms with Gasteiger partial charge >= 0.3 is 0 Å². The molecular formula is C21H21ClN4O4S. The first-order valence-corrected chi connectivity index (χ1v) is 11.7. The molecule has 31 heavy (non-hydrogen) atoms. The van der Waals surface area contributed by atoms with Crippen LogP contribution in [0.3, 0.4) is 0 Å². The van der Waals surface area contributed by atoms with Gasteiger partial charge in [0.1, 0.15) is 0 Å². The molecule has 0 unspecified atom stereocenters. The summed E-state index contributed by atoms with van der Waals surface area (Å²) < 4.78 is 32.3. The lowest BCUT2D eigenvalue weighted by molar-refractivity contribution is -0.126. The lowest BCUT2D eigenvalue weighted by atomic mass is 9.99. The Labute approximate surface area is 185 Å². The molecule has 4 rings (SSSR count). The Morgan fingerprint density at radius 1 is 1.16 bits per heavy atom. The van der Waals surface area contributed by atoms with Crippen molar-refractivity contribution in [1.29, 1.82) is 0 Å². The van der Waals surface area contributed by atoms with Crippen LogP contribution in [0, 0.1) is 5.92 Å². The number of rotatable bonds is 6. The molecule has 3 aromatic rings. The number of benzene rings is 2. The van der Waals surface area contributed by atoms with Crippen LogP contribution in [0.1, 0.15) is 18.7 Å². The topological polar surface area (TPSA) is 105 Å². The minimum atomic E-state index is -3.62. The van der Waals surface area contributed by atoms with Crippen LogP contribution in [0.4, 0.5) is 0 Å². The van der Waals surface area contributed by atoms with Gasteiger partial charge in [0.25, 0.3) is 0 Å². The van der Waals surface area contributed by atoms with Crippen LogP contribution in [-0.4, -0.2) is 41.9 Å². The highest BCUT2D eigenvalue weighted by atomic mass is 35.5. The van der Waals surface area contributed by atoms with Gasteiger partial charge in [-0.05, 0) is 49.2 Å². The molecule has 1 fully saturated rings. The van der Waals surface area contributed by atoms with Crippen molar-refractivity contribution >= 4 is 27.5 Å². The summed E-state index contributed by atoms with van der Waals surface area (Å²) in [5.41, 5.74) is 0.750. The minimum Gasteiger partial charge on any atom is -0.347 e. The molecule has 1 saturated heterocycles. The second-order valence-electron chi connectivity index (χ2n) is 7.25. The molecule has 1 aromatic heterocycles. The fourth-order valence-corrected chi connectivity index (χ4v) is 5.14. The second-order valence-corrected chi connectivity index (χ2v) is 9.63. The molecule has 8 nitrogen and oxygen atoms in total. The lowest BCUT2D eigenvalue weighted by Crippen LogP contribution is -2.45. The number of aromatic nitrogens is 2. The Morgan fingerprint density at radius 2 is 1.90 bits per heavy atom. The van der Waals surface area contributed by atoms with Crippen LogP contribution in [0.15, 0.2) is 64.0 Å². The van der Waals surface area contributed by atoms with E-state index in [1.165, 1.54) is 4.31 Å². The standard InChI is InChI=1S/C21H21ClN4O4S/c22-17-10-8-15(9-11-17)20-24-19(30-25-20)13-23-21(27)16-5-4-12-26(14-16)31(28,29)18-6-2-1-3-7-18/h1-3,6-11,16H,4-5,12-14H2,(H,23,27)/t16-/m0/s1. The van der Waals surface area contributed by atoms with Gasteiger partial charge in [0, 0.05) is 23.7 Å². The molecule has 162 valence electrons. The molecule has 10 heteroatoms. The van der Waals surface area contributed by atoms with E-state index in [1.807, 2.05) is 0 Å². The molecule has 0 bridgehead atoms. The molecule has 2 heterocycles. The van der Waals surface area contributed by atoms with E-state index >= 15 is 0 Å². The van der Waals surface area contributed by atoms with Crippen molar-refractivity contribution in [3.05, 3.63) is 65.5 Å². The van der Waals surface area contributed by atoms with Gasteiger partial charge in [-0.2, -0.15) is 9.29 Å². The van der Waals surface area contributed by atoms with Crippen molar-refractivity contribution in [2.75, 3.05) is 13.1 Å². The maximum absolute atomic E-state index is 12.8. The highest BCUT2D eigenvalue weighted by Gasteiger charge is 2.33. The predicted molar refractivity (Wildman–Crippen MR) is 115 cm³/mol. The summed E-state index contributed by atoms with van der Waals surface area (Å²) in [6.07, 6.45) is 1.23. The van der Waals surface area contributed by atoms with Crippen LogP contribution < -0.4 is 5.32 Å². The summed E-state index contributed by atoms with van der Waals surface area (Å²) in [6.45, 7) is 0.611. The molecule has 2 aromatic carbocycles. The number of carbonyl (C=O) groups is 1. The number of halogens is 1. The Hall–Kier alpha value is -2.75. The first kappa shape index (κ1) is 21.5. The van der Waals surface area contributed by atoms with E-state index in [0.29, 0.717) is 30.2 Å². The lowest BCUT2D eigenvalue weighted by Gasteiger charge is -2.31. The zero-order valence-electron chi connectivity index (χ0n) is 16.6. The predicted octanol–water partition coefficient (Wildman–Crippen LogP) is 3.11. The van der Waals surface area contributed by atoms with Crippen molar-refractivity contribution in [3.63, 3.8) is 0 Å². The summed E-state index contributed by atoms with van der Waals surface area (Å²) in [5.74, 6) is -0.00770. The van der Waals surface area contributed by atoms with Crippen LogP contribution in [0.25, 0.3) is 11.4 Å². The van der Waals surface area contributed by atoms with Crippen molar-refractivity contribution < 1.29 is 17.7 Å². The number of hydrogen-bond acceptors (Lipinski definition) is 6. The number of carbonyl (C=O) groups excluding carboxylic acids is 1. The van der Waals surface area contributed by atoms with E-state index in [1.54, 1.807) is 54.6 Å². The van der Waals surface area contributed by atoms with Gasteiger partial charge in [0.05, 0.1) is 17.4 Å². The smallest absolute Gasteiger partial charge is 0.246 e. The van der Waals surface area contributed by atoms with Gasteiger partial charge in [-0.3, -0.25) is 4.79 Å². The molecule has 0 radical (unpaired) electrons. The Kier molecular flexibility index (Phi) is 6.35.